The lowest BCUT2D eigenvalue weighted by molar-refractivity contribution is 0.604. The first-order chi connectivity index (χ1) is 6.99. The highest BCUT2D eigenvalue weighted by molar-refractivity contribution is 5.72. The molecule has 0 saturated carbocycles. The molecule has 0 aliphatic heterocycles. The van der Waals surface area contributed by atoms with Gasteiger partial charge in [0.15, 0.2) is 0 Å². The van der Waals surface area contributed by atoms with Gasteiger partial charge in [-0.05, 0) is 17.5 Å². The molecular weight excluding hydrogens is 191 g/mol. The lowest BCUT2D eigenvalue weighted by Gasteiger charge is -2.17. The zero-order valence-electron chi connectivity index (χ0n) is 9.50. The molecule has 0 aromatic heterocycles. The van der Waals surface area contributed by atoms with E-state index in [0.717, 1.165) is 0 Å². The van der Waals surface area contributed by atoms with Crippen molar-refractivity contribution in [3.63, 3.8) is 0 Å². The van der Waals surface area contributed by atoms with E-state index in [1.54, 1.807) is 31.1 Å². The normalized spacial score (nSPS) is 10.2. The van der Waals surface area contributed by atoms with Crippen LogP contribution in [-0.4, -0.2) is 14.1 Å². The number of hydrogen-bond donors (Lipinski definition) is 0. The first-order valence-corrected chi connectivity index (χ1v) is 4.86. The molecule has 0 N–H and O–H groups in total. The van der Waals surface area contributed by atoms with E-state index in [2.05, 4.69) is 4.85 Å². The smallest absolute Gasteiger partial charge is 0.244 e. The molecule has 1 aromatic carbocycles. The Kier molecular flexibility index (Phi) is 3.31. The molecule has 0 spiro atoms. The van der Waals surface area contributed by atoms with Gasteiger partial charge in [0.25, 0.3) is 0 Å². The van der Waals surface area contributed by atoms with E-state index in [0.29, 0.717) is 11.3 Å². The van der Waals surface area contributed by atoms with Gasteiger partial charge in [-0.15, -0.1) is 0 Å². The van der Waals surface area contributed by atoms with Gasteiger partial charge in [0, 0.05) is 19.8 Å². The van der Waals surface area contributed by atoms with Crippen LogP contribution in [-0.2, 0) is 0 Å². The van der Waals surface area contributed by atoms with E-state index in [-0.39, 0.29) is 17.4 Å². The van der Waals surface area contributed by atoms with Crippen molar-refractivity contribution >= 4 is 11.4 Å². The maximum Gasteiger partial charge on any atom is 0.244 e. The highest BCUT2D eigenvalue weighted by atomic mass is 19.1. The predicted octanol–water partition coefficient (Wildman–Crippen LogP) is 3.57. The van der Waals surface area contributed by atoms with Crippen molar-refractivity contribution in [2.45, 2.75) is 19.8 Å². The van der Waals surface area contributed by atoms with Crippen molar-refractivity contribution in [1.29, 1.82) is 0 Å². The summed E-state index contributed by atoms with van der Waals surface area (Å²) >= 11 is 0. The van der Waals surface area contributed by atoms with Crippen molar-refractivity contribution in [1.82, 2.24) is 0 Å². The van der Waals surface area contributed by atoms with Crippen LogP contribution in [0.5, 0.6) is 0 Å². The predicted molar refractivity (Wildman–Crippen MR) is 61.1 cm³/mol. The van der Waals surface area contributed by atoms with Crippen LogP contribution in [0, 0.1) is 12.4 Å². The molecule has 0 amide bonds. The van der Waals surface area contributed by atoms with Gasteiger partial charge in [0.1, 0.15) is 5.82 Å². The molecule has 0 fully saturated rings. The summed E-state index contributed by atoms with van der Waals surface area (Å²) in [6.07, 6.45) is 0. The second-order valence-electron chi connectivity index (χ2n) is 4.00. The van der Waals surface area contributed by atoms with Gasteiger partial charge < -0.3 is 4.90 Å². The minimum Gasteiger partial charge on any atom is -0.386 e. The van der Waals surface area contributed by atoms with Gasteiger partial charge in [0.05, 0.1) is 6.57 Å². The monoisotopic (exact) mass is 206 g/mol. The SMILES string of the molecule is [C-]#[N+]c1c(N(C)C)ccc(C(C)C)c1F. The van der Waals surface area contributed by atoms with Crippen molar-refractivity contribution in [3.8, 4) is 0 Å². The maximum atomic E-state index is 13.9. The van der Waals surface area contributed by atoms with Crippen LogP contribution in [0.3, 0.4) is 0 Å². The first-order valence-electron chi connectivity index (χ1n) is 4.86. The summed E-state index contributed by atoms with van der Waals surface area (Å²) in [4.78, 5) is 5.02. The van der Waals surface area contributed by atoms with Gasteiger partial charge in [0.2, 0.25) is 5.69 Å². The van der Waals surface area contributed by atoms with E-state index >= 15 is 0 Å². The Morgan fingerprint density at radius 2 is 1.93 bits per heavy atom. The second kappa shape index (κ2) is 4.31. The molecule has 0 atom stereocenters. The summed E-state index contributed by atoms with van der Waals surface area (Å²) < 4.78 is 13.9. The van der Waals surface area contributed by atoms with Crippen molar-refractivity contribution in [2.24, 2.45) is 0 Å². The van der Waals surface area contributed by atoms with Crippen LogP contribution >= 0.6 is 0 Å². The third kappa shape index (κ3) is 2.10. The van der Waals surface area contributed by atoms with E-state index in [1.165, 1.54) is 0 Å². The fourth-order valence-corrected chi connectivity index (χ4v) is 1.48. The van der Waals surface area contributed by atoms with E-state index in [4.69, 9.17) is 6.57 Å². The molecule has 0 heterocycles. The van der Waals surface area contributed by atoms with Gasteiger partial charge in [-0.1, -0.05) is 19.9 Å². The fourth-order valence-electron chi connectivity index (χ4n) is 1.48. The zero-order chi connectivity index (χ0) is 11.6. The van der Waals surface area contributed by atoms with Gasteiger partial charge >= 0.3 is 0 Å². The van der Waals surface area contributed by atoms with Gasteiger partial charge in [-0.2, -0.15) is 0 Å². The van der Waals surface area contributed by atoms with E-state index < -0.39 is 0 Å². The Bertz CT molecular complexity index is 403. The summed E-state index contributed by atoms with van der Waals surface area (Å²) in [5.41, 5.74) is 1.35. The molecule has 0 unspecified atom stereocenters. The number of anilines is 1. The fraction of sp³-hybridized carbons (Fsp3) is 0.417. The first kappa shape index (κ1) is 11.5. The highest BCUT2D eigenvalue weighted by Crippen LogP contribution is 2.34. The third-order valence-electron chi connectivity index (χ3n) is 2.34. The Morgan fingerprint density at radius 3 is 2.33 bits per heavy atom. The molecule has 0 aliphatic rings. The molecular formula is C12H15FN2. The Labute approximate surface area is 90.1 Å². The quantitative estimate of drug-likeness (QED) is 0.671. The number of nitrogens with zero attached hydrogens (tertiary/aromatic N) is 2. The largest absolute Gasteiger partial charge is 0.386 e. The van der Waals surface area contributed by atoms with Crippen LogP contribution in [0.1, 0.15) is 25.3 Å². The van der Waals surface area contributed by atoms with E-state index in [1.807, 2.05) is 13.8 Å². The molecule has 1 rings (SSSR count). The number of benzene rings is 1. The van der Waals surface area contributed by atoms with Crippen LogP contribution in [0.2, 0.25) is 0 Å². The van der Waals surface area contributed by atoms with Crippen LogP contribution < -0.4 is 4.90 Å². The van der Waals surface area contributed by atoms with E-state index in [9.17, 15) is 4.39 Å². The number of hydrogen-bond acceptors (Lipinski definition) is 1. The van der Waals surface area contributed by atoms with Crippen molar-refractivity contribution < 1.29 is 4.39 Å². The minimum atomic E-state index is -0.383. The molecule has 15 heavy (non-hydrogen) atoms. The average Bonchev–Trinajstić information content (AvgIpc) is 2.16. The summed E-state index contributed by atoms with van der Waals surface area (Å²) in [5, 5.41) is 0. The molecule has 2 nitrogen and oxygen atoms in total. The molecule has 0 radical (unpaired) electrons. The Hall–Kier alpha value is -1.56. The third-order valence-corrected chi connectivity index (χ3v) is 2.34. The lowest BCUT2D eigenvalue weighted by atomic mass is 10.0. The summed E-state index contributed by atoms with van der Waals surface area (Å²) in [6.45, 7) is 10.9. The molecule has 3 heteroatoms. The Morgan fingerprint density at radius 1 is 1.33 bits per heavy atom. The standard InChI is InChI=1S/C12H15FN2/c1-8(2)9-6-7-10(15(4)5)12(14-3)11(9)13/h6-8H,1-2,4-5H3. The summed E-state index contributed by atoms with van der Waals surface area (Å²) in [5.74, 6) is -0.284. The van der Waals surface area contributed by atoms with Crippen LogP contribution in [0.4, 0.5) is 15.8 Å². The van der Waals surface area contributed by atoms with Gasteiger partial charge in [-0.25, -0.2) is 9.24 Å². The summed E-state index contributed by atoms with van der Waals surface area (Å²) in [6, 6.07) is 3.55. The maximum absolute atomic E-state index is 13.9. The van der Waals surface area contributed by atoms with Gasteiger partial charge in [-0.3, -0.25) is 0 Å². The lowest BCUT2D eigenvalue weighted by Crippen LogP contribution is -2.10. The second-order valence-corrected chi connectivity index (χ2v) is 4.00. The average molecular weight is 206 g/mol. The topological polar surface area (TPSA) is 7.60 Å². The summed E-state index contributed by atoms with van der Waals surface area (Å²) in [7, 11) is 3.61. The number of halogens is 1. The minimum absolute atomic E-state index is 0.0988. The molecule has 80 valence electrons. The van der Waals surface area contributed by atoms with Crippen LogP contribution in [0.15, 0.2) is 12.1 Å². The molecule has 0 saturated heterocycles. The Balaban J connectivity index is 3.41. The molecule has 1 aromatic rings. The number of rotatable bonds is 2. The van der Waals surface area contributed by atoms with Crippen LogP contribution in [0.25, 0.3) is 4.85 Å². The van der Waals surface area contributed by atoms with Crippen molar-refractivity contribution in [2.75, 3.05) is 19.0 Å². The zero-order valence-corrected chi connectivity index (χ0v) is 9.50. The van der Waals surface area contributed by atoms with Crippen molar-refractivity contribution in [3.05, 3.63) is 34.9 Å². The highest BCUT2D eigenvalue weighted by Gasteiger charge is 2.16. The molecule has 0 aliphatic carbocycles. The molecule has 0 bridgehead atoms.